The molecule has 150 valence electrons. The van der Waals surface area contributed by atoms with Crippen LogP contribution in [0, 0.1) is 11.8 Å². The van der Waals surface area contributed by atoms with Gasteiger partial charge >= 0.3 is 5.97 Å². The first kappa shape index (κ1) is 17.5. The molecule has 0 amide bonds. The number of carbonyl (C=O) groups excluding carboxylic acids is 1. The zero-order valence-electron chi connectivity index (χ0n) is 16.7. The van der Waals surface area contributed by atoms with E-state index in [2.05, 4.69) is 14.1 Å². The maximum Gasteiger partial charge on any atom is 0.348 e. The fraction of sp³-hybridized carbons (Fsp3) is 0.458. The highest BCUT2D eigenvalue weighted by molar-refractivity contribution is 5.88. The molecule has 3 aliphatic heterocycles. The van der Waals surface area contributed by atoms with E-state index in [0.29, 0.717) is 34.7 Å². The van der Waals surface area contributed by atoms with Gasteiger partial charge in [0, 0.05) is 35.8 Å². The van der Waals surface area contributed by atoms with E-state index in [4.69, 9.17) is 9.47 Å². The number of carbonyl (C=O) groups is 1. The lowest BCUT2D eigenvalue weighted by atomic mass is 9.83. The second-order valence-electron chi connectivity index (χ2n) is 9.63. The van der Waals surface area contributed by atoms with Crippen molar-refractivity contribution in [1.82, 2.24) is 0 Å². The summed E-state index contributed by atoms with van der Waals surface area (Å²) in [5.74, 6) is 1.96. The highest BCUT2D eigenvalue weighted by Gasteiger charge is 2.68. The summed E-state index contributed by atoms with van der Waals surface area (Å²) in [7, 11) is 4.63. The lowest BCUT2D eigenvalue weighted by Crippen LogP contribution is -2.59. The third kappa shape index (κ3) is 2.26. The van der Waals surface area contributed by atoms with Gasteiger partial charge in [0.15, 0.2) is 0 Å². The molecule has 0 radical (unpaired) electrons. The van der Waals surface area contributed by atoms with Crippen molar-refractivity contribution >= 4 is 5.97 Å². The van der Waals surface area contributed by atoms with Gasteiger partial charge in [-0.2, -0.15) is 0 Å². The SMILES string of the molecule is C[N+]1(C)C2CC(OC(=O)C3(O)c4ccccc4Oc4ccccc43)CC1C1CC12. The number of nitrogens with zero attached hydrogens (tertiary/aromatic N) is 1. The minimum absolute atomic E-state index is 0.136. The van der Waals surface area contributed by atoms with E-state index in [0.717, 1.165) is 29.2 Å². The molecule has 2 bridgehead atoms. The second kappa shape index (κ2) is 5.61. The van der Waals surface area contributed by atoms with E-state index in [1.54, 1.807) is 24.3 Å². The Morgan fingerprint density at radius 2 is 1.48 bits per heavy atom. The molecule has 1 aliphatic carbocycles. The first-order valence-electron chi connectivity index (χ1n) is 10.5. The number of benzene rings is 2. The van der Waals surface area contributed by atoms with Crippen LogP contribution in [0.2, 0.25) is 0 Å². The largest absolute Gasteiger partial charge is 0.459 e. The van der Waals surface area contributed by atoms with Crippen LogP contribution in [0.1, 0.15) is 30.4 Å². The van der Waals surface area contributed by atoms with Crippen molar-refractivity contribution in [2.75, 3.05) is 14.1 Å². The normalized spacial score (nSPS) is 34.2. The third-order valence-corrected chi connectivity index (χ3v) is 7.94. The molecule has 4 aliphatic rings. The molecule has 3 heterocycles. The van der Waals surface area contributed by atoms with Gasteiger partial charge < -0.3 is 19.1 Å². The molecule has 1 N–H and O–H groups in total. The van der Waals surface area contributed by atoms with Gasteiger partial charge in [-0.3, -0.25) is 0 Å². The van der Waals surface area contributed by atoms with Crippen molar-refractivity contribution in [2.24, 2.45) is 11.8 Å². The van der Waals surface area contributed by atoms with Crippen LogP contribution in [-0.4, -0.2) is 47.8 Å². The average Bonchev–Trinajstić information content (AvgIpc) is 3.46. The van der Waals surface area contributed by atoms with Gasteiger partial charge in [-0.1, -0.05) is 36.4 Å². The summed E-state index contributed by atoms with van der Waals surface area (Å²) in [6, 6.07) is 15.4. The first-order chi connectivity index (χ1) is 13.9. The molecule has 5 heteroatoms. The summed E-state index contributed by atoms with van der Waals surface area (Å²) in [6.07, 6.45) is 2.96. The maximum atomic E-state index is 13.5. The molecule has 0 spiro atoms. The van der Waals surface area contributed by atoms with E-state index in [1.807, 2.05) is 24.3 Å². The van der Waals surface area contributed by atoms with Crippen molar-refractivity contribution in [3.05, 3.63) is 59.7 Å². The molecule has 0 aromatic heterocycles. The fourth-order valence-electron chi connectivity index (χ4n) is 6.41. The van der Waals surface area contributed by atoms with E-state index in [9.17, 15) is 9.90 Å². The van der Waals surface area contributed by atoms with Gasteiger partial charge in [0.25, 0.3) is 0 Å². The van der Waals surface area contributed by atoms with Crippen LogP contribution >= 0.6 is 0 Å². The first-order valence-corrected chi connectivity index (χ1v) is 10.5. The lowest BCUT2D eigenvalue weighted by Gasteiger charge is -2.46. The van der Waals surface area contributed by atoms with Crippen LogP contribution < -0.4 is 4.74 Å². The van der Waals surface area contributed by atoms with Crippen molar-refractivity contribution < 1.29 is 23.9 Å². The zero-order valence-corrected chi connectivity index (χ0v) is 16.7. The van der Waals surface area contributed by atoms with Crippen molar-refractivity contribution in [3.8, 4) is 11.5 Å². The monoisotopic (exact) mass is 392 g/mol. The van der Waals surface area contributed by atoms with Crippen LogP contribution in [0.15, 0.2) is 48.5 Å². The molecule has 2 aromatic rings. The number of rotatable bonds is 2. The Morgan fingerprint density at radius 3 is 2.03 bits per heavy atom. The summed E-state index contributed by atoms with van der Waals surface area (Å²) >= 11 is 0. The van der Waals surface area contributed by atoms with Crippen LogP contribution in [0.4, 0.5) is 0 Å². The quantitative estimate of drug-likeness (QED) is 0.630. The predicted octanol–water partition coefficient (Wildman–Crippen LogP) is 3.20. The Labute approximate surface area is 170 Å². The summed E-state index contributed by atoms with van der Waals surface area (Å²) < 4.78 is 13.0. The molecule has 1 saturated carbocycles. The summed E-state index contributed by atoms with van der Waals surface area (Å²) in [5.41, 5.74) is -0.960. The number of aliphatic hydroxyl groups is 1. The number of hydrogen-bond donors (Lipinski definition) is 1. The van der Waals surface area contributed by atoms with Gasteiger partial charge in [0.2, 0.25) is 5.60 Å². The summed E-state index contributed by atoms with van der Waals surface area (Å²) in [4.78, 5) is 13.5. The molecule has 4 atom stereocenters. The third-order valence-electron chi connectivity index (χ3n) is 7.94. The molecular weight excluding hydrogens is 366 g/mol. The van der Waals surface area contributed by atoms with Gasteiger partial charge in [-0.15, -0.1) is 0 Å². The van der Waals surface area contributed by atoms with Crippen molar-refractivity contribution in [1.29, 1.82) is 0 Å². The number of hydrogen-bond acceptors (Lipinski definition) is 4. The van der Waals surface area contributed by atoms with E-state index >= 15 is 0 Å². The van der Waals surface area contributed by atoms with Crippen LogP contribution in [0.25, 0.3) is 0 Å². The molecule has 4 unspecified atom stereocenters. The molecular formula is C24H26NO4+. The standard InChI is InChI=1S/C24H26NO4/c1-25(2)19-11-14(12-20(25)16-13-15(16)19)28-23(26)24(27)17-7-3-5-9-21(17)29-22-10-6-4-8-18(22)24/h3-10,14-16,19-20,27H,11-13H2,1-2H3/q+1. The molecule has 5 nitrogen and oxygen atoms in total. The minimum Gasteiger partial charge on any atom is -0.459 e. The minimum atomic E-state index is -1.85. The Kier molecular flexibility index (Phi) is 3.38. The fourth-order valence-corrected chi connectivity index (χ4v) is 6.41. The number of piperidine rings is 2. The maximum absolute atomic E-state index is 13.5. The van der Waals surface area contributed by atoms with E-state index in [1.165, 1.54) is 6.42 Å². The Morgan fingerprint density at radius 1 is 0.966 bits per heavy atom. The number of para-hydroxylation sites is 2. The topological polar surface area (TPSA) is 55.8 Å². The lowest BCUT2D eigenvalue weighted by molar-refractivity contribution is -0.937. The average molecular weight is 392 g/mol. The number of ether oxygens (including phenoxy) is 2. The predicted molar refractivity (Wildman–Crippen MR) is 106 cm³/mol. The Bertz CT molecular complexity index is 950. The summed E-state index contributed by atoms with van der Waals surface area (Å²) in [6.45, 7) is 0. The van der Waals surface area contributed by atoms with Crippen molar-refractivity contribution in [2.45, 2.75) is 43.1 Å². The number of fused-ring (bicyclic) bond motifs is 7. The number of esters is 1. The molecule has 3 fully saturated rings. The zero-order chi connectivity index (χ0) is 20.0. The molecule has 2 aromatic carbocycles. The number of quaternary nitrogens is 1. The van der Waals surface area contributed by atoms with Gasteiger partial charge in [0.05, 0.1) is 26.2 Å². The van der Waals surface area contributed by atoms with Crippen molar-refractivity contribution in [3.63, 3.8) is 0 Å². The molecule has 29 heavy (non-hydrogen) atoms. The Hall–Kier alpha value is -2.37. The summed E-state index contributed by atoms with van der Waals surface area (Å²) in [5, 5.41) is 11.7. The molecule has 2 saturated heterocycles. The molecule has 6 rings (SSSR count). The highest BCUT2D eigenvalue weighted by Crippen LogP contribution is 2.61. The smallest absolute Gasteiger partial charge is 0.348 e. The second-order valence-corrected chi connectivity index (χ2v) is 9.63. The van der Waals surface area contributed by atoms with E-state index < -0.39 is 11.6 Å². The van der Waals surface area contributed by atoms with Gasteiger partial charge in [0.1, 0.15) is 17.6 Å². The van der Waals surface area contributed by atoms with Gasteiger partial charge in [-0.05, 0) is 18.6 Å². The van der Waals surface area contributed by atoms with Crippen LogP contribution in [-0.2, 0) is 15.1 Å². The van der Waals surface area contributed by atoms with E-state index in [-0.39, 0.29) is 6.10 Å². The Balaban J connectivity index is 1.34. The van der Waals surface area contributed by atoms with Crippen LogP contribution in [0.5, 0.6) is 11.5 Å². The highest BCUT2D eigenvalue weighted by atomic mass is 16.6. The van der Waals surface area contributed by atoms with Gasteiger partial charge in [-0.25, -0.2) is 4.79 Å². The van der Waals surface area contributed by atoms with Crippen LogP contribution in [0.3, 0.4) is 0 Å².